The largest absolute Gasteiger partial charge is 0.481 e. The molecule has 0 rings (SSSR count). The van der Waals surface area contributed by atoms with Gasteiger partial charge >= 0.3 is 0 Å². The minimum atomic E-state index is -0.833. The van der Waals surface area contributed by atoms with E-state index < -0.39 is 18.0 Å². The van der Waals surface area contributed by atoms with Crippen molar-refractivity contribution >= 4 is 11.9 Å². The molecule has 0 aromatic heterocycles. The van der Waals surface area contributed by atoms with E-state index in [0.717, 1.165) is 13.8 Å². The summed E-state index contributed by atoms with van der Waals surface area (Å²) in [4.78, 5) is 18.0. The van der Waals surface area contributed by atoms with Crippen LogP contribution in [0, 0.1) is 0 Å². The number of ether oxygens (including phenoxy) is 1. The maximum atomic E-state index is 9.00. The zero-order valence-electron chi connectivity index (χ0n) is 10.3. The summed E-state index contributed by atoms with van der Waals surface area (Å²) in [6, 6.07) is 0. The van der Waals surface area contributed by atoms with Gasteiger partial charge in [-0.3, -0.25) is 9.59 Å². The number of hydrogen-bond donors (Lipinski definition) is 4. The number of aliphatic hydroxyl groups excluding tert-OH is 2. The molecular weight excluding hydrogens is 220 g/mol. The van der Waals surface area contributed by atoms with Crippen molar-refractivity contribution in [1.29, 1.82) is 0 Å². The Hall–Kier alpha value is -1.18. The number of aliphatic carboxylic acids is 2. The Kier molecular flexibility index (Phi) is 35.6. The van der Waals surface area contributed by atoms with Crippen LogP contribution < -0.4 is 0 Å². The van der Waals surface area contributed by atoms with E-state index in [4.69, 9.17) is 30.0 Å². The minimum absolute atomic E-state index is 0.139. The number of aliphatic hydroxyl groups is 2. The van der Waals surface area contributed by atoms with Gasteiger partial charge in [0.25, 0.3) is 11.9 Å². The van der Waals surface area contributed by atoms with Crippen molar-refractivity contribution in [3.8, 4) is 0 Å². The molecule has 7 nitrogen and oxygen atoms in total. The van der Waals surface area contributed by atoms with Crippen molar-refractivity contribution < 1.29 is 34.8 Å². The highest BCUT2D eigenvalue weighted by molar-refractivity contribution is 5.63. The fourth-order valence-corrected chi connectivity index (χ4v) is 0. The quantitative estimate of drug-likeness (QED) is 0.502. The number of rotatable bonds is 1. The SMILES string of the molecule is CC(=O)O.CC(=O)O.CC(O)CO.COC. The van der Waals surface area contributed by atoms with Crippen LogP contribution in [-0.4, -0.2) is 59.3 Å². The van der Waals surface area contributed by atoms with Gasteiger partial charge in [0.2, 0.25) is 0 Å². The average molecular weight is 242 g/mol. The molecule has 1 atom stereocenters. The fourth-order valence-electron chi connectivity index (χ4n) is 0. The number of carboxylic acid groups (broad SMARTS) is 2. The Balaban J connectivity index is -0.0000000610. The molecule has 0 fully saturated rings. The fraction of sp³-hybridized carbons (Fsp3) is 0.778. The van der Waals surface area contributed by atoms with E-state index >= 15 is 0 Å². The first-order chi connectivity index (χ1) is 7.15. The Labute approximate surface area is 95.3 Å². The molecule has 0 saturated carbocycles. The predicted octanol–water partition coefficient (Wildman–Crippen LogP) is -0.196. The summed E-state index contributed by atoms with van der Waals surface area (Å²) in [7, 11) is 3.25. The molecule has 0 aromatic carbocycles. The summed E-state index contributed by atoms with van der Waals surface area (Å²) < 4.78 is 4.25. The summed E-state index contributed by atoms with van der Waals surface area (Å²) in [6.45, 7) is 3.56. The highest BCUT2D eigenvalue weighted by Crippen LogP contribution is 1.68. The molecule has 0 aromatic rings. The first-order valence-corrected chi connectivity index (χ1v) is 4.23. The monoisotopic (exact) mass is 242 g/mol. The number of hydrogen-bond acceptors (Lipinski definition) is 5. The first-order valence-electron chi connectivity index (χ1n) is 4.23. The first kappa shape index (κ1) is 24.2. The highest BCUT2D eigenvalue weighted by Gasteiger charge is 1.83. The zero-order chi connectivity index (χ0) is 14.1. The van der Waals surface area contributed by atoms with Crippen molar-refractivity contribution in [2.24, 2.45) is 0 Å². The van der Waals surface area contributed by atoms with Crippen LogP contribution in [0.25, 0.3) is 0 Å². The lowest BCUT2D eigenvalue weighted by Crippen LogP contribution is -2.03. The Morgan fingerprint density at radius 1 is 1.12 bits per heavy atom. The topological polar surface area (TPSA) is 124 Å². The third kappa shape index (κ3) is 2660. The van der Waals surface area contributed by atoms with E-state index in [1.807, 2.05) is 0 Å². The summed E-state index contributed by atoms with van der Waals surface area (Å²) in [5, 5.41) is 30.8. The van der Waals surface area contributed by atoms with Crippen LogP contribution in [0.4, 0.5) is 0 Å². The van der Waals surface area contributed by atoms with Crippen LogP contribution in [0.5, 0.6) is 0 Å². The lowest BCUT2D eigenvalue weighted by atomic mass is 10.5. The number of methoxy groups -OCH3 is 1. The molecule has 0 bridgehead atoms. The molecular formula is C9H22O7. The molecule has 0 amide bonds. The van der Waals surface area contributed by atoms with E-state index in [2.05, 4.69) is 4.74 Å². The Bertz CT molecular complexity index is 125. The predicted molar refractivity (Wildman–Crippen MR) is 58.3 cm³/mol. The van der Waals surface area contributed by atoms with Gasteiger partial charge in [-0.05, 0) is 6.92 Å². The summed E-state index contributed by atoms with van der Waals surface area (Å²) in [5.41, 5.74) is 0. The summed E-state index contributed by atoms with van der Waals surface area (Å²) >= 11 is 0. The Morgan fingerprint density at radius 2 is 1.19 bits per heavy atom. The third-order valence-corrected chi connectivity index (χ3v) is 0.264. The smallest absolute Gasteiger partial charge is 0.300 e. The van der Waals surface area contributed by atoms with Crippen LogP contribution in [0.3, 0.4) is 0 Å². The lowest BCUT2D eigenvalue weighted by Gasteiger charge is -1.90. The summed E-state index contributed by atoms with van der Waals surface area (Å²) in [6.07, 6.45) is -0.560. The van der Waals surface area contributed by atoms with Gasteiger partial charge in [0, 0.05) is 28.1 Å². The molecule has 1 unspecified atom stereocenters. The molecule has 16 heavy (non-hydrogen) atoms. The van der Waals surface area contributed by atoms with Gasteiger partial charge in [0.1, 0.15) is 0 Å². The maximum absolute atomic E-state index is 9.00. The maximum Gasteiger partial charge on any atom is 0.300 e. The van der Waals surface area contributed by atoms with Gasteiger partial charge in [-0.25, -0.2) is 0 Å². The van der Waals surface area contributed by atoms with Crippen LogP contribution in [0.2, 0.25) is 0 Å². The minimum Gasteiger partial charge on any atom is -0.481 e. The second-order valence-corrected chi connectivity index (χ2v) is 2.48. The molecule has 0 aliphatic carbocycles. The van der Waals surface area contributed by atoms with Gasteiger partial charge in [0.15, 0.2) is 0 Å². The summed E-state index contributed by atoms with van der Waals surface area (Å²) in [5.74, 6) is -1.67. The molecule has 0 spiro atoms. The highest BCUT2D eigenvalue weighted by atomic mass is 16.4. The number of carbonyl (C=O) groups is 2. The van der Waals surface area contributed by atoms with Gasteiger partial charge in [-0.15, -0.1) is 0 Å². The van der Waals surface area contributed by atoms with Gasteiger partial charge < -0.3 is 25.2 Å². The second-order valence-electron chi connectivity index (χ2n) is 2.48. The van der Waals surface area contributed by atoms with Crippen LogP contribution >= 0.6 is 0 Å². The molecule has 0 radical (unpaired) electrons. The van der Waals surface area contributed by atoms with Crippen molar-refractivity contribution in [2.75, 3.05) is 20.8 Å². The molecule has 0 heterocycles. The van der Waals surface area contributed by atoms with E-state index in [1.54, 1.807) is 14.2 Å². The Morgan fingerprint density at radius 3 is 1.19 bits per heavy atom. The molecule has 4 N–H and O–H groups in total. The lowest BCUT2D eigenvalue weighted by molar-refractivity contribution is -0.135. The third-order valence-electron chi connectivity index (χ3n) is 0.264. The van der Waals surface area contributed by atoms with Gasteiger partial charge in [-0.1, -0.05) is 0 Å². The van der Waals surface area contributed by atoms with Gasteiger partial charge in [-0.2, -0.15) is 0 Å². The van der Waals surface area contributed by atoms with Crippen molar-refractivity contribution in [2.45, 2.75) is 26.9 Å². The van der Waals surface area contributed by atoms with Crippen molar-refractivity contribution in [3.05, 3.63) is 0 Å². The van der Waals surface area contributed by atoms with E-state index in [-0.39, 0.29) is 6.61 Å². The molecule has 7 heteroatoms. The van der Waals surface area contributed by atoms with Crippen LogP contribution in [0.15, 0.2) is 0 Å². The molecule has 0 aliphatic heterocycles. The molecule has 100 valence electrons. The van der Waals surface area contributed by atoms with Crippen LogP contribution in [0.1, 0.15) is 20.8 Å². The normalized spacial score (nSPS) is 8.94. The molecule has 0 saturated heterocycles. The average Bonchev–Trinajstić information content (AvgIpc) is 2.03. The van der Waals surface area contributed by atoms with E-state index in [9.17, 15) is 0 Å². The molecule has 0 aliphatic rings. The van der Waals surface area contributed by atoms with E-state index in [0.29, 0.717) is 0 Å². The standard InChI is InChI=1S/C3H8O2.2C2H4O2.C2H6O/c1-3(5)2-4;2*1-2(3)4;1-3-2/h3-5H,2H2,1H3;2*1H3,(H,3,4);1-2H3. The van der Waals surface area contributed by atoms with Crippen molar-refractivity contribution in [1.82, 2.24) is 0 Å². The second kappa shape index (κ2) is 23.6. The van der Waals surface area contributed by atoms with Gasteiger partial charge in [0.05, 0.1) is 12.7 Å². The van der Waals surface area contributed by atoms with E-state index in [1.165, 1.54) is 6.92 Å². The number of carboxylic acids is 2. The van der Waals surface area contributed by atoms with Crippen LogP contribution in [-0.2, 0) is 14.3 Å². The zero-order valence-corrected chi connectivity index (χ0v) is 10.3. The van der Waals surface area contributed by atoms with Crippen molar-refractivity contribution in [3.63, 3.8) is 0 Å².